The number of rotatable bonds is 5. The first-order valence-electron chi connectivity index (χ1n) is 6.86. The van der Waals surface area contributed by atoms with Crippen molar-refractivity contribution in [3.8, 4) is 0 Å². The monoisotopic (exact) mass is 315 g/mol. The van der Waals surface area contributed by atoms with Crippen molar-refractivity contribution >= 4 is 23.4 Å². The van der Waals surface area contributed by atoms with Gasteiger partial charge in [-0.2, -0.15) is 0 Å². The lowest BCUT2D eigenvalue weighted by molar-refractivity contribution is -0.135. The van der Waals surface area contributed by atoms with Gasteiger partial charge < -0.3 is 10.4 Å². The first-order valence-corrected chi connectivity index (χ1v) is 6.86. The minimum Gasteiger partial charge on any atom is -0.480 e. The standard InChI is InChI=1S/C15H17N5O3/c1-10-7-12(3-5-16-10)18-15(23)19-20(9-14(21)22)13-4-6-17-11(2)8-13/h3-8H,9H2,1-2H3,(H,21,22)(H2,16,18,19,23). The molecule has 23 heavy (non-hydrogen) atoms. The Labute approximate surface area is 133 Å². The summed E-state index contributed by atoms with van der Waals surface area (Å²) < 4.78 is 0. The molecular weight excluding hydrogens is 298 g/mol. The quantitative estimate of drug-likeness (QED) is 0.725. The zero-order chi connectivity index (χ0) is 16.8. The molecule has 2 heterocycles. The average molecular weight is 315 g/mol. The molecule has 0 bridgehead atoms. The third-order valence-corrected chi connectivity index (χ3v) is 2.88. The molecule has 0 unspecified atom stereocenters. The van der Waals surface area contributed by atoms with Gasteiger partial charge >= 0.3 is 12.0 Å². The van der Waals surface area contributed by atoms with Crippen LogP contribution < -0.4 is 15.8 Å². The Hall–Kier alpha value is -3.16. The average Bonchev–Trinajstić information content (AvgIpc) is 2.46. The highest BCUT2D eigenvalue weighted by molar-refractivity contribution is 5.91. The zero-order valence-electron chi connectivity index (χ0n) is 12.8. The summed E-state index contributed by atoms with van der Waals surface area (Å²) in [6.07, 6.45) is 3.12. The second-order valence-corrected chi connectivity index (χ2v) is 4.89. The highest BCUT2D eigenvalue weighted by Crippen LogP contribution is 2.13. The van der Waals surface area contributed by atoms with Crippen LogP contribution in [0.4, 0.5) is 16.2 Å². The molecule has 2 amide bonds. The number of nitrogens with one attached hydrogen (secondary N) is 2. The van der Waals surface area contributed by atoms with Crippen molar-refractivity contribution in [1.29, 1.82) is 0 Å². The number of carboxylic acids is 1. The fourth-order valence-electron chi connectivity index (χ4n) is 1.93. The summed E-state index contributed by atoms with van der Waals surface area (Å²) in [6.45, 7) is 3.20. The van der Waals surface area contributed by atoms with Crippen molar-refractivity contribution in [2.45, 2.75) is 13.8 Å². The van der Waals surface area contributed by atoms with Crippen LogP contribution in [0, 0.1) is 13.8 Å². The lowest BCUT2D eigenvalue weighted by Crippen LogP contribution is -2.47. The first-order chi connectivity index (χ1) is 10.9. The summed E-state index contributed by atoms with van der Waals surface area (Å²) >= 11 is 0. The van der Waals surface area contributed by atoms with Crippen LogP contribution in [0.3, 0.4) is 0 Å². The van der Waals surface area contributed by atoms with E-state index >= 15 is 0 Å². The summed E-state index contributed by atoms with van der Waals surface area (Å²) in [6, 6.07) is 6.10. The second kappa shape index (κ2) is 7.21. The normalized spacial score (nSPS) is 10.0. The van der Waals surface area contributed by atoms with E-state index in [1.54, 1.807) is 50.5 Å². The Bertz CT molecular complexity index is 720. The smallest absolute Gasteiger partial charge is 0.338 e. The van der Waals surface area contributed by atoms with Crippen LogP contribution in [0.2, 0.25) is 0 Å². The number of hydrogen-bond donors (Lipinski definition) is 3. The van der Waals surface area contributed by atoms with Gasteiger partial charge in [-0.15, -0.1) is 0 Å². The van der Waals surface area contributed by atoms with Crippen molar-refractivity contribution in [3.05, 3.63) is 48.0 Å². The van der Waals surface area contributed by atoms with Crippen LogP contribution in [0.1, 0.15) is 11.4 Å². The van der Waals surface area contributed by atoms with Crippen LogP contribution in [0.25, 0.3) is 0 Å². The third-order valence-electron chi connectivity index (χ3n) is 2.88. The van der Waals surface area contributed by atoms with E-state index in [4.69, 9.17) is 5.11 Å². The van der Waals surface area contributed by atoms with E-state index in [0.29, 0.717) is 17.1 Å². The largest absolute Gasteiger partial charge is 0.480 e. The van der Waals surface area contributed by atoms with E-state index in [1.165, 1.54) is 5.01 Å². The van der Waals surface area contributed by atoms with Gasteiger partial charge in [-0.1, -0.05) is 0 Å². The SMILES string of the molecule is Cc1cc(NC(=O)NN(CC(=O)O)c2ccnc(C)c2)ccn1. The van der Waals surface area contributed by atoms with Gasteiger partial charge in [0.15, 0.2) is 0 Å². The number of nitrogens with zero attached hydrogens (tertiary/aromatic N) is 3. The number of urea groups is 1. The number of aliphatic carboxylic acids is 1. The van der Waals surface area contributed by atoms with Crippen molar-refractivity contribution in [2.75, 3.05) is 16.9 Å². The predicted octanol–water partition coefficient (Wildman–Crippen LogP) is 1.72. The number of anilines is 2. The van der Waals surface area contributed by atoms with Crippen LogP contribution in [0.5, 0.6) is 0 Å². The Kier molecular flexibility index (Phi) is 5.08. The minimum absolute atomic E-state index is 0.383. The van der Waals surface area contributed by atoms with E-state index in [9.17, 15) is 9.59 Å². The van der Waals surface area contributed by atoms with Crippen LogP contribution in [0.15, 0.2) is 36.7 Å². The van der Waals surface area contributed by atoms with Crippen LogP contribution in [-0.4, -0.2) is 33.6 Å². The highest BCUT2D eigenvalue weighted by Gasteiger charge is 2.14. The maximum Gasteiger partial charge on any atom is 0.338 e. The van der Waals surface area contributed by atoms with Gasteiger partial charge in [-0.25, -0.2) is 10.2 Å². The lowest BCUT2D eigenvalue weighted by Gasteiger charge is -2.23. The summed E-state index contributed by atoms with van der Waals surface area (Å²) in [5.41, 5.74) is 5.08. The molecule has 0 aromatic carbocycles. The van der Waals surface area contributed by atoms with Crippen molar-refractivity contribution in [1.82, 2.24) is 15.4 Å². The van der Waals surface area contributed by atoms with Gasteiger partial charge in [0.25, 0.3) is 0 Å². The molecule has 3 N–H and O–H groups in total. The molecule has 2 aromatic heterocycles. The third kappa shape index (κ3) is 4.95. The van der Waals surface area contributed by atoms with E-state index in [1.807, 2.05) is 0 Å². The maximum atomic E-state index is 12.1. The zero-order valence-corrected chi connectivity index (χ0v) is 12.8. The van der Waals surface area contributed by atoms with Crippen LogP contribution in [-0.2, 0) is 4.79 Å². The van der Waals surface area contributed by atoms with Crippen molar-refractivity contribution in [3.63, 3.8) is 0 Å². The minimum atomic E-state index is -1.07. The molecule has 2 aromatic rings. The molecule has 0 radical (unpaired) electrons. The maximum absolute atomic E-state index is 12.1. The number of aromatic nitrogens is 2. The first kappa shape index (κ1) is 16.2. The van der Waals surface area contributed by atoms with E-state index < -0.39 is 12.0 Å². The molecular formula is C15H17N5O3. The molecule has 8 nitrogen and oxygen atoms in total. The molecule has 0 aliphatic heterocycles. The highest BCUT2D eigenvalue weighted by atomic mass is 16.4. The van der Waals surface area contributed by atoms with Crippen molar-refractivity contribution < 1.29 is 14.7 Å². The predicted molar refractivity (Wildman–Crippen MR) is 85.1 cm³/mol. The molecule has 2 rings (SSSR count). The number of aryl methyl sites for hydroxylation is 2. The Morgan fingerprint density at radius 1 is 1.13 bits per heavy atom. The van der Waals surface area contributed by atoms with E-state index in [-0.39, 0.29) is 6.54 Å². The summed E-state index contributed by atoms with van der Waals surface area (Å²) in [5, 5.41) is 12.9. The van der Waals surface area contributed by atoms with Gasteiger partial charge in [0.1, 0.15) is 6.54 Å². The molecule has 0 saturated carbocycles. The number of carbonyl (C=O) groups is 2. The van der Waals surface area contributed by atoms with Gasteiger partial charge in [0.05, 0.1) is 5.69 Å². The van der Waals surface area contributed by atoms with Gasteiger partial charge in [0.2, 0.25) is 0 Å². The lowest BCUT2D eigenvalue weighted by atomic mass is 10.3. The van der Waals surface area contributed by atoms with Gasteiger partial charge in [-0.3, -0.25) is 19.8 Å². The van der Waals surface area contributed by atoms with E-state index in [0.717, 1.165) is 5.69 Å². The summed E-state index contributed by atoms with van der Waals surface area (Å²) in [5.74, 6) is -1.07. The molecule has 120 valence electrons. The molecule has 0 fully saturated rings. The fourth-order valence-corrected chi connectivity index (χ4v) is 1.93. The molecule has 0 aliphatic rings. The van der Waals surface area contributed by atoms with Gasteiger partial charge in [0, 0.05) is 29.5 Å². The topological polar surface area (TPSA) is 107 Å². The summed E-state index contributed by atoms with van der Waals surface area (Å²) in [4.78, 5) is 31.2. The number of carboxylic acid groups (broad SMARTS) is 1. The molecule has 8 heteroatoms. The number of carbonyl (C=O) groups excluding carboxylic acids is 1. The number of amides is 2. The Balaban J connectivity index is 2.11. The van der Waals surface area contributed by atoms with Gasteiger partial charge in [-0.05, 0) is 38.1 Å². The Morgan fingerprint density at radius 3 is 2.39 bits per heavy atom. The number of hydrazine groups is 1. The van der Waals surface area contributed by atoms with Crippen LogP contribution >= 0.6 is 0 Å². The number of hydrogen-bond acceptors (Lipinski definition) is 5. The van der Waals surface area contributed by atoms with E-state index in [2.05, 4.69) is 20.7 Å². The molecule has 0 spiro atoms. The summed E-state index contributed by atoms with van der Waals surface area (Å²) in [7, 11) is 0. The molecule has 0 saturated heterocycles. The molecule has 0 aliphatic carbocycles. The molecule has 0 atom stereocenters. The second-order valence-electron chi connectivity index (χ2n) is 4.89. The van der Waals surface area contributed by atoms with Crippen molar-refractivity contribution in [2.24, 2.45) is 0 Å². The number of pyridine rings is 2. The fraction of sp³-hybridized carbons (Fsp3) is 0.200. The Morgan fingerprint density at radius 2 is 1.78 bits per heavy atom.